The molecule has 1 N–H and O–H groups in total. The third-order valence-corrected chi connectivity index (χ3v) is 3.47. The first-order valence-electron chi connectivity index (χ1n) is 6.59. The zero-order chi connectivity index (χ0) is 14.7. The van der Waals surface area contributed by atoms with E-state index in [0.717, 1.165) is 12.2 Å². The summed E-state index contributed by atoms with van der Waals surface area (Å²) in [5.41, 5.74) is 0. The Balaban J connectivity index is 1.53. The number of hydrogen-bond donors (Lipinski definition) is 1. The number of ether oxygens (including phenoxy) is 1. The Kier molecular flexibility index (Phi) is 3.96. The molecule has 1 aliphatic rings. The number of likely N-dealkylation sites (tertiary alicyclic amines) is 1. The van der Waals surface area contributed by atoms with Crippen LogP contribution in [0.3, 0.4) is 0 Å². The van der Waals surface area contributed by atoms with Gasteiger partial charge in [-0.1, -0.05) is 16.8 Å². The molecule has 1 atom stereocenters. The van der Waals surface area contributed by atoms with E-state index in [2.05, 4.69) is 15.0 Å². The van der Waals surface area contributed by atoms with Crippen molar-refractivity contribution in [1.82, 2.24) is 10.1 Å². The van der Waals surface area contributed by atoms with Gasteiger partial charge < -0.3 is 14.2 Å². The summed E-state index contributed by atoms with van der Waals surface area (Å²) in [5.74, 6) is 1.16. The van der Waals surface area contributed by atoms with E-state index in [-0.39, 0.29) is 12.1 Å². The molecule has 2 aromatic rings. The van der Waals surface area contributed by atoms with Gasteiger partial charge in [-0.25, -0.2) is 4.79 Å². The smallest absolute Gasteiger partial charge is 0.323 e. The Morgan fingerprint density at radius 2 is 2.19 bits per heavy atom. The van der Waals surface area contributed by atoms with Crippen LogP contribution in [0.4, 0.5) is 10.6 Å². The van der Waals surface area contributed by atoms with Gasteiger partial charge in [0.1, 0.15) is 18.1 Å². The minimum atomic E-state index is -0.203. The second kappa shape index (κ2) is 6.05. The van der Waals surface area contributed by atoms with Crippen molar-refractivity contribution in [2.24, 2.45) is 0 Å². The summed E-state index contributed by atoms with van der Waals surface area (Å²) in [6, 6.07) is 8.59. The van der Waals surface area contributed by atoms with E-state index in [4.69, 9.17) is 16.3 Å². The van der Waals surface area contributed by atoms with E-state index >= 15 is 0 Å². The Morgan fingerprint density at radius 1 is 1.38 bits per heavy atom. The second-order valence-electron chi connectivity index (χ2n) is 4.74. The largest absolute Gasteiger partial charge is 0.489 e. The van der Waals surface area contributed by atoms with E-state index in [1.54, 1.807) is 23.1 Å². The molecular formula is C14H14ClN3O3. The van der Waals surface area contributed by atoms with Gasteiger partial charge in [0.15, 0.2) is 5.82 Å². The first-order valence-corrected chi connectivity index (χ1v) is 6.97. The molecule has 6 nitrogen and oxygen atoms in total. The van der Waals surface area contributed by atoms with Crippen LogP contribution in [0.1, 0.15) is 6.42 Å². The molecule has 1 aliphatic heterocycles. The molecule has 3 rings (SSSR count). The summed E-state index contributed by atoms with van der Waals surface area (Å²) in [6.45, 7) is 1.17. The molecule has 2 heterocycles. The van der Waals surface area contributed by atoms with Crippen LogP contribution in [-0.2, 0) is 0 Å². The highest BCUT2D eigenvalue weighted by molar-refractivity contribution is 6.30. The van der Waals surface area contributed by atoms with Crippen LogP contribution < -0.4 is 10.1 Å². The molecule has 0 bridgehead atoms. The summed E-state index contributed by atoms with van der Waals surface area (Å²) in [5, 5.41) is 6.98. The van der Waals surface area contributed by atoms with Gasteiger partial charge in [-0.05, 0) is 24.3 Å². The van der Waals surface area contributed by atoms with Crippen LogP contribution in [-0.4, -0.2) is 35.3 Å². The maximum Gasteiger partial charge on any atom is 0.323 e. The predicted octanol–water partition coefficient (Wildman–Crippen LogP) is 3.01. The molecule has 21 heavy (non-hydrogen) atoms. The first kappa shape index (κ1) is 13.8. The summed E-state index contributed by atoms with van der Waals surface area (Å²) in [7, 11) is 0. The van der Waals surface area contributed by atoms with Gasteiger partial charge >= 0.3 is 6.03 Å². The van der Waals surface area contributed by atoms with Gasteiger partial charge in [0.25, 0.3) is 0 Å². The van der Waals surface area contributed by atoms with Crippen molar-refractivity contribution in [3.8, 4) is 5.75 Å². The zero-order valence-corrected chi connectivity index (χ0v) is 11.9. The van der Waals surface area contributed by atoms with Gasteiger partial charge in [0, 0.05) is 24.1 Å². The van der Waals surface area contributed by atoms with Gasteiger partial charge in [0.05, 0.1) is 6.54 Å². The van der Waals surface area contributed by atoms with E-state index in [0.29, 0.717) is 23.9 Å². The fraction of sp³-hybridized carbons (Fsp3) is 0.286. The lowest BCUT2D eigenvalue weighted by atomic mass is 10.3. The SMILES string of the molecule is O=C(Nc1ccon1)N1CC[C@@H](Oc2ccc(Cl)cc2)C1. The average Bonchev–Trinajstić information content (AvgIpc) is 3.13. The molecule has 0 saturated carbocycles. The fourth-order valence-electron chi connectivity index (χ4n) is 2.18. The summed E-state index contributed by atoms with van der Waals surface area (Å²) in [6.07, 6.45) is 2.18. The molecule has 0 aliphatic carbocycles. The molecule has 110 valence electrons. The van der Waals surface area contributed by atoms with Crippen molar-refractivity contribution in [2.75, 3.05) is 18.4 Å². The molecule has 2 amide bonds. The summed E-state index contributed by atoms with van der Waals surface area (Å²) in [4.78, 5) is 13.7. The van der Waals surface area contributed by atoms with Crippen LogP contribution in [0.15, 0.2) is 41.1 Å². The van der Waals surface area contributed by atoms with Crippen molar-refractivity contribution in [2.45, 2.75) is 12.5 Å². The third kappa shape index (κ3) is 3.46. The Bertz CT molecular complexity index is 600. The number of benzene rings is 1. The van der Waals surface area contributed by atoms with E-state index in [9.17, 15) is 4.79 Å². The van der Waals surface area contributed by atoms with E-state index < -0.39 is 0 Å². The molecule has 1 saturated heterocycles. The highest BCUT2D eigenvalue weighted by Crippen LogP contribution is 2.21. The zero-order valence-electron chi connectivity index (χ0n) is 11.2. The molecule has 0 radical (unpaired) electrons. The molecule has 0 spiro atoms. The number of nitrogens with one attached hydrogen (secondary N) is 1. The van der Waals surface area contributed by atoms with Crippen LogP contribution >= 0.6 is 11.6 Å². The number of aromatic nitrogens is 1. The third-order valence-electron chi connectivity index (χ3n) is 3.22. The minimum Gasteiger partial charge on any atom is -0.489 e. The van der Waals surface area contributed by atoms with Gasteiger partial charge in [0.2, 0.25) is 0 Å². The molecule has 1 aromatic heterocycles. The normalized spacial score (nSPS) is 17.8. The number of rotatable bonds is 3. The second-order valence-corrected chi connectivity index (χ2v) is 5.18. The van der Waals surface area contributed by atoms with Crippen molar-refractivity contribution in [1.29, 1.82) is 0 Å². The lowest BCUT2D eigenvalue weighted by molar-refractivity contribution is 0.194. The van der Waals surface area contributed by atoms with Crippen molar-refractivity contribution in [3.05, 3.63) is 41.6 Å². The maximum atomic E-state index is 12.0. The van der Waals surface area contributed by atoms with Crippen LogP contribution in [0, 0.1) is 0 Å². The van der Waals surface area contributed by atoms with Gasteiger partial charge in [-0.3, -0.25) is 5.32 Å². The standard InChI is InChI=1S/C14H14ClN3O3/c15-10-1-3-11(4-2-10)21-12-5-7-18(9-12)14(19)16-13-6-8-20-17-13/h1-4,6,8,12H,5,7,9H2,(H,16,17,19)/t12-/m1/s1. The van der Waals surface area contributed by atoms with Gasteiger partial charge in [-0.15, -0.1) is 0 Å². The monoisotopic (exact) mass is 307 g/mol. The number of anilines is 1. The molecular weight excluding hydrogens is 294 g/mol. The van der Waals surface area contributed by atoms with Gasteiger partial charge in [-0.2, -0.15) is 0 Å². The number of urea groups is 1. The van der Waals surface area contributed by atoms with Crippen LogP contribution in [0.5, 0.6) is 5.75 Å². The highest BCUT2D eigenvalue weighted by Gasteiger charge is 2.28. The number of amides is 2. The topological polar surface area (TPSA) is 67.6 Å². The van der Waals surface area contributed by atoms with Crippen LogP contribution in [0.2, 0.25) is 5.02 Å². The Hall–Kier alpha value is -2.21. The summed E-state index contributed by atoms with van der Waals surface area (Å²) < 4.78 is 10.5. The molecule has 1 aromatic carbocycles. The van der Waals surface area contributed by atoms with E-state index in [1.807, 2.05) is 12.1 Å². The Morgan fingerprint density at radius 3 is 2.90 bits per heavy atom. The minimum absolute atomic E-state index is 0.0192. The maximum absolute atomic E-state index is 12.0. The van der Waals surface area contributed by atoms with Crippen molar-refractivity contribution >= 4 is 23.4 Å². The fourth-order valence-corrected chi connectivity index (χ4v) is 2.31. The highest BCUT2D eigenvalue weighted by atomic mass is 35.5. The lowest BCUT2D eigenvalue weighted by Crippen LogP contribution is -2.34. The molecule has 0 unspecified atom stereocenters. The number of carbonyl (C=O) groups excluding carboxylic acids is 1. The number of carbonyl (C=O) groups is 1. The molecule has 7 heteroatoms. The molecule has 1 fully saturated rings. The first-order chi connectivity index (χ1) is 10.2. The lowest BCUT2D eigenvalue weighted by Gasteiger charge is -2.17. The quantitative estimate of drug-likeness (QED) is 0.946. The number of nitrogens with zero attached hydrogens (tertiary/aromatic N) is 2. The van der Waals surface area contributed by atoms with Crippen molar-refractivity contribution in [3.63, 3.8) is 0 Å². The van der Waals surface area contributed by atoms with Crippen molar-refractivity contribution < 1.29 is 14.1 Å². The van der Waals surface area contributed by atoms with Crippen LogP contribution in [0.25, 0.3) is 0 Å². The summed E-state index contributed by atoms with van der Waals surface area (Å²) >= 11 is 5.83. The Labute approximate surface area is 126 Å². The number of halogens is 1. The van der Waals surface area contributed by atoms with E-state index in [1.165, 1.54) is 6.26 Å². The average molecular weight is 308 g/mol. The predicted molar refractivity (Wildman–Crippen MR) is 77.6 cm³/mol. The number of hydrogen-bond acceptors (Lipinski definition) is 4.